The van der Waals surface area contributed by atoms with Crippen LogP contribution in [-0.2, 0) is 11.3 Å². The van der Waals surface area contributed by atoms with E-state index < -0.39 is 5.97 Å². The molecule has 0 saturated carbocycles. The standard InChI is InChI=1S/C17H26N2O3/c1-2-19(9-10-20)16-7-3-5-14(11-16)12-18-8-4-6-15(13-18)17(21)22/h3,5,7,11,15,20H,2,4,6,8-10,12-13H2,1H3,(H,21,22). The summed E-state index contributed by atoms with van der Waals surface area (Å²) < 4.78 is 0. The number of aliphatic hydroxyl groups excluding tert-OH is 1. The van der Waals surface area contributed by atoms with Gasteiger partial charge in [-0.1, -0.05) is 12.1 Å². The van der Waals surface area contributed by atoms with Gasteiger partial charge in [0.1, 0.15) is 0 Å². The second-order valence-electron chi connectivity index (χ2n) is 5.89. The van der Waals surface area contributed by atoms with Gasteiger partial charge in [0, 0.05) is 31.9 Å². The van der Waals surface area contributed by atoms with E-state index >= 15 is 0 Å². The lowest BCUT2D eigenvalue weighted by Crippen LogP contribution is -2.38. The minimum absolute atomic E-state index is 0.143. The first kappa shape index (κ1) is 16.8. The fourth-order valence-electron chi connectivity index (χ4n) is 3.10. The number of nitrogens with zero attached hydrogens (tertiary/aromatic N) is 2. The van der Waals surface area contributed by atoms with E-state index in [-0.39, 0.29) is 12.5 Å². The zero-order valence-corrected chi connectivity index (χ0v) is 13.2. The minimum Gasteiger partial charge on any atom is -0.481 e. The minimum atomic E-state index is -0.682. The summed E-state index contributed by atoms with van der Waals surface area (Å²) in [5, 5.41) is 18.3. The van der Waals surface area contributed by atoms with Crippen LogP contribution in [0.25, 0.3) is 0 Å². The molecule has 2 rings (SSSR count). The van der Waals surface area contributed by atoms with Gasteiger partial charge >= 0.3 is 5.97 Å². The lowest BCUT2D eigenvalue weighted by Gasteiger charge is -2.31. The van der Waals surface area contributed by atoms with E-state index in [1.165, 1.54) is 5.56 Å². The van der Waals surface area contributed by atoms with Gasteiger partial charge in [0.2, 0.25) is 0 Å². The summed E-state index contributed by atoms with van der Waals surface area (Å²) in [6.07, 6.45) is 1.73. The Hall–Kier alpha value is -1.59. The quantitative estimate of drug-likeness (QED) is 0.804. The summed E-state index contributed by atoms with van der Waals surface area (Å²) in [4.78, 5) is 15.5. The molecule has 1 aromatic carbocycles. The highest BCUT2D eigenvalue weighted by Crippen LogP contribution is 2.21. The second-order valence-corrected chi connectivity index (χ2v) is 5.89. The average molecular weight is 306 g/mol. The van der Waals surface area contributed by atoms with E-state index in [1.54, 1.807) is 0 Å². The molecular weight excluding hydrogens is 280 g/mol. The largest absolute Gasteiger partial charge is 0.481 e. The zero-order chi connectivity index (χ0) is 15.9. The first-order chi connectivity index (χ1) is 10.6. The number of benzene rings is 1. The van der Waals surface area contributed by atoms with Crippen LogP contribution in [0.3, 0.4) is 0 Å². The van der Waals surface area contributed by atoms with Gasteiger partial charge in [-0.25, -0.2) is 0 Å². The topological polar surface area (TPSA) is 64.0 Å². The third-order valence-corrected chi connectivity index (χ3v) is 4.29. The number of hydrogen-bond donors (Lipinski definition) is 2. The molecule has 22 heavy (non-hydrogen) atoms. The van der Waals surface area contributed by atoms with Crippen molar-refractivity contribution in [2.24, 2.45) is 5.92 Å². The Morgan fingerprint density at radius 1 is 1.45 bits per heavy atom. The summed E-state index contributed by atoms with van der Waals surface area (Å²) in [7, 11) is 0. The fraction of sp³-hybridized carbons (Fsp3) is 0.588. The molecule has 1 unspecified atom stereocenters. The summed E-state index contributed by atoms with van der Waals surface area (Å²) in [6.45, 7) is 6.08. The van der Waals surface area contributed by atoms with E-state index in [0.29, 0.717) is 13.1 Å². The van der Waals surface area contributed by atoms with E-state index in [0.717, 1.165) is 38.2 Å². The van der Waals surface area contributed by atoms with Gasteiger partial charge in [0.05, 0.1) is 12.5 Å². The Bertz CT molecular complexity index is 493. The van der Waals surface area contributed by atoms with Crippen molar-refractivity contribution in [2.75, 3.05) is 37.7 Å². The van der Waals surface area contributed by atoms with Crippen molar-refractivity contribution in [3.63, 3.8) is 0 Å². The van der Waals surface area contributed by atoms with E-state index in [4.69, 9.17) is 5.11 Å². The van der Waals surface area contributed by atoms with Gasteiger partial charge in [0.15, 0.2) is 0 Å². The van der Waals surface area contributed by atoms with Crippen LogP contribution in [0.1, 0.15) is 25.3 Å². The number of carbonyl (C=O) groups is 1. The van der Waals surface area contributed by atoms with Crippen molar-refractivity contribution >= 4 is 11.7 Å². The molecule has 1 aromatic rings. The first-order valence-electron chi connectivity index (χ1n) is 8.04. The van der Waals surface area contributed by atoms with Gasteiger partial charge in [0.25, 0.3) is 0 Å². The predicted molar refractivity (Wildman–Crippen MR) is 87.1 cm³/mol. The summed E-state index contributed by atoms with van der Waals surface area (Å²) in [6, 6.07) is 8.31. The van der Waals surface area contributed by atoms with Crippen LogP contribution in [0.4, 0.5) is 5.69 Å². The molecule has 1 aliphatic heterocycles. The van der Waals surface area contributed by atoms with Crippen LogP contribution >= 0.6 is 0 Å². The number of hydrogen-bond acceptors (Lipinski definition) is 4. The van der Waals surface area contributed by atoms with Gasteiger partial charge in [-0.15, -0.1) is 0 Å². The molecule has 1 fully saturated rings. The molecule has 2 N–H and O–H groups in total. The number of anilines is 1. The highest BCUT2D eigenvalue weighted by molar-refractivity contribution is 5.70. The SMILES string of the molecule is CCN(CCO)c1cccc(CN2CCCC(C(=O)O)C2)c1. The number of aliphatic hydroxyl groups is 1. The monoisotopic (exact) mass is 306 g/mol. The Morgan fingerprint density at radius 2 is 2.27 bits per heavy atom. The molecule has 122 valence electrons. The van der Waals surface area contributed by atoms with Gasteiger partial charge in [-0.2, -0.15) is 0 Å². The molecule has 5 nitrogen and oxygen atoms in total. The number of piperidine rings is 1. The van der Waals surface area contributed by atoms with Crippen molar-refractivity contribution < 1.29 is 15.0 Å². The zero-order valence-electron chi connectivity index (χ0n) is 13.2. The molecule has 0 aromatic heterocycles. The Labute approximate surface area is 132 Å². The normalized spacial score (nSPS) is 19.1. The number of carboxylic acids is 1. The maximum atomic E-state index is 11.1. The molecule has 0 amide bonds. The Balaban J connectivity index is 2.02. The van der Waals surface area contributed by atoms with Crippen molar-refractivity contribution in [3.8, 4) is 0 Å². The van der Waals surface area contributed by atoms with Gasteiger partial charge in [-0.3, -0.25) is 9.69 Å². The van der Waals surface area contributed by atoms with Crippen LogP contribution in [0.15, 0.2) is 24.3 Å². The van der Waals surface area contributed by atoms with E-state index in [9.17, 15) is 9.90 Å². The second kappa shape index (κ2) is 8.15. The molecule has 1 saturated heterocycles. The highest BCUT2D eigenvalue weighted by atomic mass is 16.4. The summed E-state index contributed by atoms with van der Waals surface area (Å²) >= 11 is 0. The molecule has 0 bridgehead atoms. The number of aliphatic carboxylic acids is 1. The van der Waals surface area contributed by atoms with Gasteiger partial charge < -0.3 is 15.1 Å². The van der Waals surface area contributed by atoms with Crippen molar-refractivity contribution in [1.29, 1.82) is 0 Å². The Kier molecular flexibility index (Phi) is 6.21. The van der Waals surface area contributed by atoms with Gasteiger partial charge in [-0.05, 0) is 44.0 Å². The van der Waals surface area contributed by atoms with Crippen molar-refractivity contribution in [1.82, 2.24) is 4.90 Å². The molecule has 0 aliphatic carbocycles. The maximum absolute atomic E-state index is 11.1. The maximum Gasteiger partial charge on any atom is 0.307 e. The van der Waals surface area contributed by atoms with Crippen molar-refractivity contribution in [2.45, 2.75) is 26.3 Å². The van der Waals surface area contributed by atoms with Crippen LogP contribution < -0.4 is 4.90 Å². The number of rotatable bonds is 7. The third-order valence-electron chi connectivity index (χ3n) is 4.29. The summed E-state index contributed by atoms with van der Waals surface area (Å²) in [5.41, 5.74) is 2.31. The van der Waals surface area contributed by atoms with E-state index in [1.807, 2.05) is 6.07 Å². The summed E-state index contributed by atoms with van der Waals surface area (Å²) in [5.74, 6) is -0.919. The van der Waals surface area contributed by atoms with Crippen LogP contribution in [0.2, 0.25) is 0 Å². The molecule has 1 heterocycles. The number of likely N-dealkylation sites (tertiary alicyclic amines) is 1. The molecule has 1 aliphatic rings. The average Bonchev–Trinajstić information content (AvgIpc) is 2.53. The fourth-order valence-corrected chi connectivity index (χ4v) is 3.10. The van der Waals surface area contributed by atoms with E-state index in [2.05, 4.69) is 34.9 Å². The predicted octanol–water partition coefficient (Wildman–Crippen LogP) is 1.80. The van der Waals surface area contributed by atoms with Crippen LogP contribution in [-0.4, -0.2) is 53.9 Å². The van der Waals surface area contributed by atoms with Crippen molar-refractivity contribution in [3.05, 3.63) is 29.8 Å². The van der Waals surface area contributed by atoms with Crippen LogP contribution in [0.5, 0.6) is 0 Å². The molecule has 0 spiro atoms. The third kappa shape index (κ3) is 4.45. The lowest BCUT2D eigenvalue weighted by atomic mass is 9.98. The molecule has 1 atom stereocenters. The van der Waals surface area contributed by atoms with Crippen LogP contribution in [0, 0.1) is 5.92 Å². The smallest absolute Gasteiger partial charge is 0.307 e. The number of carboxylic acid groups (broad SMARTS) is 1. The lowest BCUT2D eigenvalue weighted by molar-refractivity contribution is -0.143. The number of likely N-dealkylation sites (N-methyl/N-ethyl adjacent to an activating group) is 1. The molecule has 0 radical (unpaired) electrons. The molecule has 5 heteroatoms. The Morgan fingerprint density at radius 3 is 2.95 bits per heavy atom. The highest BCUT2D eigenvalue weighted by Gasteiger charge is 2.25. The first-order valence-corrected chi connectivity index (χ1v) is 8.04. The molecular formula is C17H26N2O3.